The molecule has 0 aliphatic heterocycles. The molecule has 0 saturated carbocycles. The van der Waals surface area contributed by atoms with Crippen LogP contribution in [0.4, 0.5) is 0 Å². The minimum absolute atomic E-state index is 0.0144. The number of hydrogen-bond donors (Lipinski definition) is 18. The van der Waals surface area contributed by atoms with E-state index in [1.54, 1.807) is 0 Å². The average molecular weight is 1160 g/mol. The summed E-state index contributed by atoms with van der Waals surface area (Å²) in [6.45, 7) is 2.34. The Bertz CT molecular complexity index is 1770. The van der Waals surface area contributed by atoms with E-state index in [0.29, 0.717) is 122 Å². The fourth-order valence-electron chi connectivity index (χ4n) is 7.70. The van der Waals surface area contributed by atoms with E-state index in [1.165, 1.54) is 0 Å². The van der Waals surface area contributed by atoms with Crippen LogP contribution in [0.1, 0.15) is 148 Å². The highest BCUT2D eigenvalue weighted by molar-refractivity contribution is 5.90. The Hall–Kier alpha value is -5.13. The average Bonchev–Trinajstić information content (AvgIpc) is 3.45. The Morgan fingerprint density at radius 2 is 0.531 bits per heavy atom. The summed E-state index contributed by atoms with van der Waals surface area (Å²) in [5, 5.41) is 10.5. The maximum absolute atomic E-state index is 14.0. The van der Waals surface area contributed by atoms with Gasteiger partial charge in [-0.2, -0.15) is 0 Å². The third-order valence-electron chi connectivity index (χ3n) is 12.6. The molecule has 0 heterocycles. The molecular formula is C50H102N18O13. The SMILES string of the molecule is NCCCC[C@@H](C=O)NOC(=O)C(CCCN)NC(=O)[C@H](CCCCN)NOC(=O)C(CCCN)NC(=O)[C@H](CCCCN)NOC(=O)C(CCCN)NC(=O)[C@H](CCCCN)NOC(=O)C(CCCN)NC(=O)[C@@H](N)CCCCN. The van der Waals surface area contributed by atoms with E-state index in [4.69, 9.17) is 76.7 Å². The molecule has 0 spiro atoms. The molecule has 28 N–H and O–H groups in total. The first-order valence-corrected chi connectivity index (χ1v) is 28.6. The Balaban J connectivity index is 6.35. The number of unbranched alkanes of at least 4 members (excludes halogenated alkanes) is 5. The molecule has 0 aliphatic rings. The highest BCUT2D eigenvalue weighted by atomic mass is 16.7. The zero-order valence-electron chi connectivity index (χ0n) is 47.5. The van der Waals surface area contributed by atoms with Crippen LogP contribution in [-0.2, 0) is 62.5 Å². The van der Waals surface area contributed by atoms with Gasteiger partial charge in [-0.25, -0.2) is 19.2 Å². The molecule has 0 fully saturated rings. The van der Waals surface area contributed by atoms with Crippen molar-refractivity contribution in [1.82, 2.24) is 43.2 Å². The van der Waals surface area contributed by atoms with Crippen molar-refractivity contribution >= 4 is 53.8 Å². The molecule has 9 atom stereocenters. The summed E-state index contributed by atoms with van der Waals surface area (Å²) in [5.41, 5.74) is 67.2. The van der Waals surface area contributed by atoms with E-state index in [-0.39, 0.29) is 90.5 Å². The first-order valence-electron chi connectivity index (χ1n) is 28.6. The van der Waals surface area contributed by atoms with Crippen molar-refractivity contribution in [2.45, 2.75) is 202 Å². The number of nitrogens with one attached hydrogen (secondary N) is 8. The summed E-state index contributed by atoms with van der Waals surface area (Å²) >= 11 is 0. The largest absolute Gasteiger partial charge is 0.368 e. The molecule has 0 radical (unpaired) electrons. The number of rotatable bonds is 53. The second-order valence-corrected chi connectivity index (χ2v) is 19.6. The summed E-state index contributed by atoms with van der Waals surface area (Å²) < 4.78 is 0. The molecule has 0 aromatic heterocycles. The van der Waals surface area contributed by atoms with Gasteiger partial charge < -0.3 is 103 Å². The first-order chi connectivity index (χ1) is 39.0. The van der Waals surface area contributed by atoms with Crippen molar-refractivity contribution in [2.75, 3.05) is 58.9 Å². The Kier molecular flexibility index (Phi) is 46.3. The van der Waals surface area contributed by atoms with Gasteiger partial charge in [0.25, 0.3) is 0 Å². The molecule has 0 rings (SSSR count). The molecule has 0 aromatic carbocycles. The summed E-state index contributed by atoms with van der Waals surface area (Å²) in [6, 6.07) is -10.5. The van der Waals surface area contributed by atoms with Crippen LogP contribution in [0.3, 0.4) is 0 Å². The van der Waals surface area contributed by atoms with Gasteiger partial charge in [0.05, 0.1) is 12.1 Å². The first kappa shape index (κ1) is 75.9. The van der Waals surface area contributed by atoms with Gasteiger partial charge in [0.2, 0.25) is 23.6 Å². The molecule has 4 unspecified atom stereocenters. The molecule has 0 aliphatic carbocycles. The normalized spacial score (nSPS) is 14.6. The van der Waals surface area contributed by atoms with Gasteiger partial charge in [-0.05, 0) is 194 Å². The van der Waals surface area contributed by atoms with Crippen molar-refractivity contribution in [3.63, 3.8) is 0 Å². The number of carbonyl (C=O) groups is 9. The summed E-state index contributed by atoms with van der Waals surface area (Å²) in [5.74, 6) is -6.72. The van der Waals surface area contributed by atoms with Crippen molar-refractivity contribution in [2.24, 2.45) is 57.3 Å². The lowest BCUT2D eigenvalue weighted by Crippen LogP contribution is -2.55. The lowest BCUT2D eigenvalue weighted by molar-refractivity contribution is -0.163. The van der Waals surface area contributed by atoms with Crippen molar-refractivity contribution in [1.29, 1.82) is 0 Å². The number of hydroxylamine groups is 4. The van der Waals surface area contributed by atoms with Crippen LogP contribution in [0.25, 0.3) is 0 Å². The molecule has 31 nitrogen and oxygen atoms in total. The number of carbonyl (C=O) groups excluding carboxylic acids is 9. The van der Waals surface area contributed by atoms with Gasteiger partial charge in [0, 0.05) is 0 Å². The molecular weight excluding hydrogens is 1060 g/mol. The van der Waals surface area contributed by atoms with Crippen LogP contribution in [0, 0.1) is 0 Å². The smallest absolute Gasteiger partial charge is 0.347 e. The predicted molar refractivity (Wildman–Crippen MR) is 302 cm³/mol. The molecule has 0 aromatic rings. The van der Waals surface area contributed by atoms with Crippen LogP contribution in [0.2, 0.25) is 0 Å². The standard InChI is InChI=1S/C50H102N18O13/c51-24-6-1-15-34(33-69)65-78-47(74)40(21-12-30-57)62-44(71)36(17-3-8-26-53)67-80-49(76)42(23-14-32-59)64-46(73)38(19-5-10-28-55)68-81-50(77)41(22-13-31-58)63-45(72)37(18-4-9-27-54)66-79-48(75)39(20-11-29-56)61-43(70)35(60)16-2-7-25-52/h33-42,65-68H,1-32,51-60H2,(H,61,70)(H,62,71)(H,63,72)(H,64,73)/t34-,35-,36-,37-,38-,39?,40?,41?,42?/m0/s1. The van der Waals surface area contributed by atoms with Crippen LogP contribution < -0.4 is 101 Å². The molecule has 0 saturated heterocycles. The second kappa shape index (κ2) is 49.5. The van der Waals surface area contributed by atoms with Crippen molar-refractivity contribution in [3.05, 3.63) is 0 Å². The van der Waals surface area contributed by atoms with Gasteiger partial charge in [0.1, 0.15) is 48.6 Å². The van der Waals surface area contributed by atoms with Crippen LogP contribution in [-0.4, -0.2) is 167 Å². The fraction of sp³-hybridized carbons (Fsp3) is 0.820. The van der Waals surface area contributed by atoms with Crippen molar-refractivity contribution < 1.29 is 62.5 Å². The minimum atomic E-state index is -1.35. The summed E-state index contributed by atoms with van der Waals surface area (Å²) in [7, 11) is 0. The van der Waals surface area contributed by atoms with Gasteiger partial charge in [0.15, 0.2) is 0 Å². The third kappa shape index (κ3) is 35.5. The zero-order chi connectivity index (χ0) is 60.6. The predicted octanol–water partition coefficient (Wildman–Crippen LogP) is -5.28. The minimum Gasteiger partial charge on any atom is -0.368 e. The number of aldehydes is 1. The highest BCUT2D eigenvalue weighted by Crippen LogP contribution is 2.11. The summed E-state index contributed by atoms with van der Waals surface area (Å²) in [4.78, 5) is 142. The second-order valence-electron chi connectivity index (χ2n) is 19.6. The molecule has 81 heavy (non-hydrogen) atoms. The number of nitrogens with two attached hydrogens (primary N) is 10. The van der Waals surface area contributed by atoms with E-state index in [0.717, 1.165) is 0 Å². The lowest BCUT2D eigenvalue weighted by atomic mass is 10.1. The van der Waals surface area contributed by atoms with Crippen molar-refractivity contribution in [3.8, 4) is 0 Å². The van der Waals surface area contributed by atoms with Crippen LogP contribution in [0.15, 0.2) is 0 Å². The third-order valence-corrected chi connectivity index (χ3v) is 12.6. The quantitative estimate of drug-likeness (QED) is 0.0117. The highest BCUT2D eigenvalue weighted by Gasteiger charge is 2.34. The van der Waals surface area contributed by atoms with E-state index in [2.05, 4.69) is 43.2 Å². The van der Waals surface area contributed by atoms with Gasteiger partial charge in [-0.1, -0.05) is 12.8 Å². The van der Waals surface area contributed by atoms with Crippen LogP contribution in [0.5, 0.6) is 0 Å². The van der Waals surface area contributed by atoms with E-state index in [9.17, 15) is 43.2 Å². The van der Waals surface area contributed by atoms with E-state index >= 15 is 0 Å². The fourth-order valence-corrected chi connectivity index (χ4v) is 7.70. The zero-order valence-corrected chi connectivity index (χ0v) is 47.5. The van der Waals surface area contributed by atoms with E-state index in [1.807, 2.05) is 0 Å². The van der Waals surface area contributed by atoms with E-state index < -0.39 is 102 Å². The number of amides is 4. The Morgan fingerprint density at radius 1 is 0.296 bits per heavy atom. The maximum atomic E-state index is 14.0. The van der Waals surface area contributed by atoms with Gasteiger partial charge in [-0.3, -0.25) is 19.2 Å². The maximum Gasteiger partial charge on any atom is 0.347 e. The molecule has 4 amide bonds. The topological polar surface area (TPSA) is 547 Å². The van der Waals surface area contributed by atoms with Gasteiger partial charge >= 0.3 is 23.9 Å². The monoisotopic (exact) mass is 1160 g/mol. The van der Waals surface area contributed by atoms with Gasteiger partial charge in [-0.15, -0.1) is 21.9 Å². The molecule has 0 bridgehead atoms. The summed E-state index contributed by atoms with van der Waals surface area (Å²) in [6.07, 6.45) is 7.95. The molecule has 31 heteroatoms. The molecule has 470 valence electrons. The Morgan fingerprint density at radius 3 is 0.802 bits per heavy atom. The Labute approximate surface area is 476 Å². The van der Waals surface area contributed by atoms with Crippen LogP contribution >= 0.6 is 0 Å². The number of hydrogen-bond acceptors (Lipinski definition) is 27. The lowest BCUT2D eigenvalue weighted by Gasteiger charge is -2.25.